The maximum Gasteiger partial charge on any atom is 0.213 e. The first-order valence-corrected chi connectivity index (χ1v) is 7.95. The Bertz CT molecular complexity index is 494. The van der Waals surface area contributed by atoms with Crippen LogP contribution in [0.1, 0.15) is 5.82 Å². The topological polar surface area (TPSA) is 92.2 Å². The summed E-state index contributed by atoms with van der Waals surface area (Å²) < 4.78 is 27.7. The lowest BCUT2D eigenvalue weighted by molar-refractivity contribution is 0.253. The summed E-state index contributed by atoms with van der Waals surface area (Å²) >= 11 is 0. The predicted octanol–water partition coefficient (Wildman–Crippen LogP) is -1.86. The van der Waals surface area contributed by atoms with Crippen LogP contribution >= 0.6 is 0 Å². The zero-order valence-corrected chi connectivity index (χ0v) is 11.9. The van der Waals surface area contributed by atoms with E-state index >= 15 is 0 Å². The molecule has 2 N–H and O–H groups in total. The summed E-state index contributed by atoms with van der Waals surface area (Å²) in [6.07, 6.45) is 1.55. The molecule has 0 bridgehead atoms. The Morgan fingerprint density at radius 1 is 1.42 bits per heavy atom. The standard InChI is InChI=1S/C10H20N6O2S/c1-15-9-12-10(14-15)8-13-19(17,18)7-6-16-4-2-11-3-5-16/h9,11,13H,2-8H2,1H3. The van der Waals surface area contributed by atoms with Gasteiger partial charge in [0.05, 0.1) is 12.3 Å². The molecule has 1 aromatic heterocycles. The number of sulfonamides is 1. The van der Waals surface area contributed by atoms with Crippen LogP contribution in [-0.2, 0) is 23.6 Å². The van der Waals surface area contributed by atoms with Gasteiger partial charge in [0.2, 0.25) is 10.0 Å². The number of piperazine rings is 1. The van der Waals surface area contributed by atoms with Crippen molar-refractivity contribution < 1.29 is 8.42 Å². The van der Waals surface area contributed by atoms with Gasteiger partial charge in [-0.25, -0.2) is 18.1 Å². The van der Waals surface area contributed by atoms with E-state index in [0.717, 1.165) is 26.2 Å². The SMILES string of the molecule is Cn1cnc(CNS(=O)(=O)CCN2CCNCC2)n1. The third kappa shape index (κ3) is 4.86. The molecule has 9 heteroatoms. The van der Waals surface area contributed by atoms with Gasteiger partial charge in [-0.1, -0.05) is 0 Å². The quantitative estimate of drug-likeness (QED) is 0.638. The molecule has 19 heavy (non-hydrogen) atoms. The molecular weight excluding hydrogens is 268 g/mol. The fraction of sp³-hybridized carbons (Fsp3) is 0.800. The van der Waals surface area contributed by atoms with Gasteiger partial charge in [0, 0.05) is 39.8 Å². The van der Waals surface area contributed by atoms with Crippen molar-refractivity contribution >= 4 is 10.0 Å². The smallest absolute Gasteiger partial charge is 0.213 e. The zero-order valence-electron chi connectivity index (χ0n) is 11.0. The lowest BCUT2D eigenvalue weighted by Crippen LogP contribution is -2.45. The first kappa shape index (κ1) is 14.4. The Kier molecular flexibility index (Phi) is 4.86. The summed E-state index contributed by atoms with van der Waals surface area (Å²) in [5.41, 5.74) is 0. The van der Waals surface area contributed by atoms with Crippen LogP contribution in [0.15, 0.2) is 6.33 Å². The highest BCUT2D eigenvalue weighted by atomic mass is 32.2. The number of hydrogen-bond acceptors (Lipinski definition) is 6. The molecule has 0 spiro atoms. The van der Waals surface area contributed by atoms with Gasteiger partial charge < -0.3 is 5.32 Å². The second kappa shape index (κ2) is 6.42. The molecule has 0 saturated carbocycles. The second-order valence-electron chi connectivity index (χ2n) is 4.57. The van der Waals surface area contributed by atoms with Gasteiger partial charge in [-0.3, -0.25) is 9.58 Å². The molecule has 2 rings (SSSR count). The minimum atomic E-state index is -3.27. The van der Waals surface area contributed by atoms with Gasteiger partial charge in [-0.15, -0.1) is 0 Å². The third-order valence-corrected chi connectivity index (χ3v) is 4.29. The Balaban J connectivity index is 1.75. The zero-order chi connectivity index (χ0) is 13.7. The van der Waals surface area contributed by atoms with Crippen LogP contribution in [0.25, 0.3) is 0 Å². The normalized spacial score (nSPS) is 17.7. The molecular formula is C10H20N6O2S. The van der Waals surface area contributed by atoms with E-state index in [2.05, 4.69) is 25.0 Å². The molecule has 0 amide bonds. The van der Waals surface area contributed by atoms with Gasteiger partial charge in [-0.2, -0.15) is 5.10 Å². The van der Waals surface area contributed by atoms with Crippen LogP contribution in [0.4, 0.5) is 0 Å². The third-order valence-electron chi connectivity index (χ3n) is 2.98. The van der Waals surface area contributed by atoms with Crippen LogP contribution in [0.2, 0.25) is 0 Å². The maximum absolute atomic E-state index is 11.8. The van der Waals surface area contributed by atoms with Crippen molar-refractivity contribution in [2.75, 3.05) is 38.5 Å². The summed E-state index contributed by atoms with van der Waals surface area (Å²) in [5.74, 6) is 0.591. The summed E-state index contributed by atoms with van der Waals surface area (Å²) in [4.78, 5) is 6.12. The van der Waals surface area contributed by atoms with Gasteiger partial charge in [0.1, 0.15) is 6.33 Å². The van der Waals surface area contributed by atoms with E-state index in [1.54, 1.807) is 18.1 Å². The van der Waals surface area contributed by atoms with Crippen LogP contribution in [-0.4, -0.2) is 66.6 Å². The molecule has 108 valence electrons. The van der Waals surface area contributed by atoms with E-state index in [9.17, 15) is 8.42 Å². The van der Waals surface area contributed by atoms with Gasteiger partial charge in [-0.05, 0) is 0 Å². The lowest BCUT2D eigenvalue weighted by Gasteiger charge is -2.26. The number of aryl methyl sites for hydroxylation is 1. The average Bonchev–Trinajstić information content (AvgIpc) is 2.82. The van der Waals surface area contributed by atoms with Crippen LogP contribution in [0.5, 0.6) is 0 Å². The van der Waals surface area contributed by atoms with Crippen LogP contribution in [0, 0.1) is 0 Å². The molecule has 1 aliphatic heterocycles. The van der Waals surface area contributed by atoms with Gasteiger partial charge >= 0.3 is 0 Å². The van der Waals surface area contributed by atoms with E-state index < -0.39 is 10.0 Å². The molecule has 1 saturated heterocycles. The second-order valence-corrected chi connectivity index (χ2v) is 6.49. The van der Waals surface area contributed by atoms with Gasteiger partial charge in [0.25, 0.3) is 0 Å². The molecule has 0 unspecified atom stereocenters. The van der Waals surface area contributed by atoms with Crippen LogP contribution in [0.3, 0.4) is 0 Å². The number of nitrogens with zero attached hydrogens (tertiary/aromatic N) is 4. The Hall–Kier alpha value is -1.03. The highest BCUT2D eigenvalue weighted by Crippen LogP contribution is 1.96. The molecule has 1 fully saturated rings. The molecule has 0 atom stereocenters. The number of rotatable bonds is 6. The highest BCUT2D eigenvalue weighted by molar-refractivity contribution is 7.89. The Morgan fingerprint density at radius 3 is 2.79 bits per heavy atom. The molecule has 1 aromatic rings. The maximum atomic E-state index is 11.8. The van der Waals surface area contributed by atoms with Crippen molar-refractivity contribution in [2.24, 2.45) is 7.05 Å². The fourth-order valence-electron chi connectivity index (χ4n) is 1.90. The van der Waals surface area contributed by atoms with Crippen molar-refractivity contribution in [3.8, 4) is 0 Å². The van der Waals surface area contributed by atoms with Gasteiger partial charge in [0.15, 0.2) is 5.82 Å². The Morgan fingerprint density at radius 2 is 2.16 bits per heavy atom. The van der Waals surface area contributed by atoms with E-state index in [0.29, 0.717) is 12.4 Å². The van der Waals surface area contributed by atoms with E-state index in [1.807, 2.05) is 0 Å². The largest absolute Gasteiger partial charge is 0.314 e. The molecule has 2 heterocycles. The predicted molar refractivity (Wildman–Crippen MR) is 70.9 cm³/mol. The highest BCUT2D eigenvalue weighted by Gasteiger charge is 2.15. The first-order valence-electron chi connectivity index (χ1n) is 6.30. The van der Waals surface area contributed by atoms with Crippen molar-refractivity contribution in [3.63, 3.8) is 0 Å². The van der Waals surface area contributed by atoms with E-state index in [4.69, 9.17) is 0 Å². The fourth-order valence-corrected chi connectivity index (χ4v) is 2.89. The first-order chi connectivity index (χ1) is 9.05. The minimum absolute atomic E-state index is 0.111. The molecule has 1 aliphatic rings. The summed E-state index contributed by atoms with van der Waals surface area (Å²) in [6, 6.07) is 0. The Labute approximate surface area is 113 Å². The van der Waals surface area contributed by atoms with Crippen molar-refractivity contribution in [1.82, 2.24) is 29.7 Å². The molecule has 0 aromatic carbocycles. The monoisotopic (exact) mass is 288 g/mol. The average molecular weight is 288 g/mol. The van der Waals surface area contributed by atoms with Crippen molar-refractivity contribution in [3.05, 3.63) is 12.2 Å². The molecule has 0 aliphatic carbocycles. The number of hydrogen-bond donors (Lipinski definition) is 2. The van der Waals surface area contributed by atoms with E-state index in [-0.39, 0.29) is 12.3 Å². The van der Waals surface area contributed by atoms with Crippen molar-refractivity contribution in [1.29, 1.82) is 0 Å². The number of nitrogens with one attached hydrogen (secondary N) is 2. The minimum Gasteiger partial charge on any atom is -0.314 e. The summed E-state index contributed by atoms with van der Waals surface area (Å²) in [6.45, 7) is 4.35. The van der Waals surface area contributed by atoms with Crippen LogP contribution < -0.4 is 10.0 Å². The lowest BCUT2D eigenvalue weighted by atomic mass is 10.4. The van der Waals surface area contributed by atoms with Crippen molar-refractivity contribution in [2.45, 2.75) is 6.54 Å². The summed E-state index contributed by atoms with van der Waals surface area (Å²) in [7, 11) is -1.53. The molecule has 8 nitrogen and oxygen atoms in total. The van der Waals surface area contributed by atoms with E-state index in [1.165, 1.54) is 0 Å². The summed E-state index contributed by atoms with van der Waals surface area (Å²) in [5, 5.41) is 7.26. The molecule has 0 radical (unpaired) electrons. The number of aromatic nitrogens is 3.